The normalized spacial score (nSPS) is 21.1. The molecule has 0 radical (unpaired) electrons. The Morgan fingerprint density at radius 3 is 2.71 bits per heavy atom. The molecule has 182 valence electrons. The molecule has 1 saturated heterocycles. The number of carbonyl (C=O) groups excluding carboxylic acids is 1. The van der Waals surface area contributed by atoms with Crippen LogP contribution in [0.2, 0.25) is 0 Å². The van der Waals surface area contributed by atoms with Crippen molar-refractivity contribution in [1.82, 2.24) is 14.8 Å². The van der Waals surface area contributed by atoms with Gasteiger partial charge in [0.05, 0.1) is 12.2 Å². The first-order chi connectivity index (χ1) is 16.1. The van der Waals surface area contributed by atoms with Crippen molar-refractivity contribution < 1.29 is 26.8 Å². The summed E-state index contributed by atoms with van der Waals surface area (Å²) in [6, 6.07) is 8.40. The maximum atomic E-state index is 13.6. The summed E-state index contributed by atoms with van der Waals surface area (Å²) < 4.78 is 53.0. The summed E-state index contributed by atoms with van der Waals surface area (Å²) in [5.74, 6) is -1.31. The monoisotopic (exact) mass is 541 g/mol. The second-order valence-corrected chi connectivity index (χ2v) is 14.4. The third-order valence-electron chi connectivity index (χ3n) is 5.84. The van der Waals surface area contributed by atoms with Crippen molar-refractivity contribution in [2.75, 3.05) is 18.8 Å². The van der Waals surface area contributed by atoms with Crippen molar-refractivity contribution in [2.45, 2.75) is 29.4 Å². The van der Waals surface area contributed by atoms with Gasteiger partial charge in [-0.3, -0.25) is 15.0 Å². The van der Waals surface area contributed by atoms with Gasteiger partial charge in [0, 0.05) is 40.1 Å². The maximum Gasteiger partial charge on any atom is 0.245 e. The van der Waals surface area contributed by atoms with E-state index in [2.05, 4.69) is 4.98 Å². The van der Waals surface area contributed by atoms with Crippen molar-refractivity contribution >= 4 is 48.4 Å². The number of nitrogens with zero attached hydrogens (tertiary/aromatic N) is 2. The molecule has 9 nitrogen and oxygen atoms in total. The van der Waals surface area contributed by atoms with E-state index in [1.165, 1.54) is 52.7 Å². The van der Waals surface area contributed by atoms with Crippen molar-refractivity contribution in [3.63, 3.8) is 0 Å². The zero-order valence-electron chi connectivity index (χ0n) is 18.2. The van der Waals surface area contributed by atoms with Crippen molar-refractivity contribution in [3.05, 3.63) is 58.5 Å². The second kappa shape index (κ2) is 9.47. The van der Waals surface area contributed by atoms with E-state index in [1.54, 1.807) is 6.07 Å². The lowest BCUT2D eigenvalue weighted by Crippen LogP contribution is -2.41. The molecule has 1 aliphatic heterocycles. The Bertz CT molecular complexity index is 1400. The van der Waals surface area contributed by atoms with Gasteiger partial charge >= 0.3 is 0 Å². The average Bonchev–Trinajstić information content (AvgIpc) is 3.44. The molecular formula is C21H23N3O6S4. The molecule has 1 amide bonds. The van der Waals surface area contributed by atoms with E-state index in [-0.39, 0.29) is 24.4 Å². The molecule has 34 heavy (non-hydrogen) atoms. The number of pyridine rings is 1. The Hall–Kier alpha value is -2.16. The van der Waals surface area contributed by atoms with Crippen LogP contribution in [0.25, 0.3) is 9.75 Å². The molecule has 0 aromatic carbocycles. The third-order valence-corrected chi connectivity index (χ3v) is 12.9. The lowest BCUT2D eigenvalue weighted by atomic mass is 9.97. The van der Waals surface area contributed by atoms with E-state index in [9.17, 15) is 26.8 Å². The molecule has 1 atom stereocenters. The van der Waals surface area contributed by atoms with Gasteiger partial charge in [0.25, 0.3) is 0 Å². The summed E-state index contributed by atoms with van der Waals surface area (Å²) in [6.07, 6.45) is 2.02. The first-order valence-corrected chi connectivity index (χ1v) is 15.1. The molecule has 0 bridgehead atoms. The molecule has 2 N–H and O–H groups in total. The SMILES string of the molecule is Cc1csc(-c2ccc(C3(CC(=O)NO)CCN(S(=O)(=O)c4cccnc4)CCS3(=O)=O)s2)c1. The largest absolute Gasteiger partial charge is 0.289 e. The number of hydroxylamine groups is 1. The minimum Gasteiger partial charge on any atom is -0.289 e. The number of thiophene rings is 2. The van der Waals surface area contributed by atoms with Crippen molar-refractivity contribution in [1.29, 1.82) is 0 Å². The molecule has 3 aromatic rings. The van der Waals surface area contributed by atoms with Gasteiger partial charge in [-0.1, -0.05) is 0 Å². The second-order valence-electron chi connectivity index (χ2n) is 8.02. The van der Waals surface area contributed by atoms with E-state index >= 15 is 0 Å². The number of aromatic nitrogens is 1. The van der Waals surface area contributed by atoms with Crippen LogP contribution in [-0.2, 0) is 29.4 Å². The summed E-state index contributed by atoms with van der Waals surface area (Å²) in [7, 11) is -7.97. The van der Waals surface area contributed by atoms with Crippen LogP contribution >= 0.6 is 22.7 Å². The van der Waals surface area contributed by atoms with Gasteiger partial charge in [0.2, 0.25) is 15.9 Å². The number of sulfone groups is 1. The van der Waals surface area contributed by atoms with Gasteiger partial charge < -0.3 is 0 Å². The zero-order valence-corrected chi connectivity index (χ0v) is 21.4. The van der Waals surface area contributed by atoms with Crippen LogP contribution in [0.15, 0.2) is 53.0 Å². The molecule has 13 heteroatoms. The van der Waals surface area contributed by atoms with Gasteiger partial charge in [0.15, 0.2) is 9.84 Å². The van der Waals surface area contributed by atoms with Crippen LogP contribution in [0.4, 0.5) is 0 Å². The molecule has 4 heterocycles. The molecule has 0 aliphatic carbocycles. The lowest BCUT2D eigenvalue weighted by Gasteiger charge is -2.30. The fraction of sp³-hybridized carbons (Fsp3) is 0.333. The summed E-state index contributed by atoms with van der Waals surface area (Å²) in [6.45, 7) is 1.61. The fourth-order valence-corrected chi connectivity index (χ4v) is 10.1. The molecule has 1 aliphatic rings. The number of amides is 1. The highest BCUT2D eigenvalue weighted by atomic mass is 32.2. The molecular weight excluding hydrogens is 519 g/mol. The summed E-state index contributed by atoms with van der Waals surface area (Å²) in [5, 5.41) is 11.2. The standard InChI is InChI=1S/C21H23N3O6S4/c1-15-11-18(31-14-15)17-4-5-19(32-17)21(12-20(25)23-26)6-8-24(9-10-33(21,27)28)34(29,30)16-3-2-7-22-13-16/h2-5,7,11,13-14,26H,6,8-10,12H2,1H3,(H,23,25). The van der Waals surface area contributed by atoms with Gasteiger partial charge in [-0.15, -0.1) is 22.7 Å². The van der Waals surface area contributed by atoms with Gasteiger partial charge in [-0.25, -0.2) is 22.3 Å². The molecule has 0 saturated carbocycles. The molecule has 1 fully saturated rings. The Balaban J connectivity index is 1.76. The predicted octanol–water partition coefficient (Wildman–Crippen LogP) is 2.78. The number of hydrogen-bond acceptors (Lipinski definition) is 9. The van der Waals surface area contributed by atoms with Crippen molar-refractivity contribution in [3.8, 4) is 9.75 Å². The van der Waals surface area contributed by atoms with Gasteiger partial charge in [-0.2, -0.15) is 4.31 Å². The predicted molar refractivity (Wildman–Crippen MR) is 130 cm³/mol. The van der Waals surface area contributed by atoms with Crippen LogP contribution in [0, 0.1) is 6.92 Å². The number of hydrogen-bond donors (Lipinski definition) is 2. The third kappa shape index (κ3) is 4.55. The number of carbonyl (C=O) groups is 1. The molecule has 0 spiro atoms. The van der Waals surface area contributed by atoms with E-state index in [4.69, 9.17) is 0 Å². The maximum absolute atomic E-state index is 13.6. The van der Waals surface area contributed by atoms with Crippen LogP contribution in [0.5, 0.6) is 0 Å². The Labute approximate surface area is 206 Å². The smallest absolute Gasteiger partial charge is 0.245 e. The Morgan fingerprint density at radius 1 is 1.26 bits per heavy atom. The number of nitrogens with one attached hydrogen (secondary N) is 1. The van der Waals surface area contributed by atoms with E-state index < -0.39 is 42.7 Å². The van der Waals surface area contributed by atoms with Crippen LogP contribution < -0.4 is 5.48 Å². The minimum atomic E-state index is -4.00. The Kier molecular flexibility index (Phi) is 6.95. The Morgan fingerprint density at radius 2 is 2.06 bits per heavy atom. The minimum absolute atomic E-state index is 0.0283. The fourth-order valence-electron chi connectivity index (χ4n) is 4.02. The number of sulfonamides is 1. The molecule has 4 rings (SSSR count). The summed E-state index contributed by atoms with van der Waals surface area (Å²) in [5.41, 5.74) is 2.62. The van der Waals surface area contributed by atoms with E-state index in [0.29, 0.717) is 4.88 Å². The van der Waals surface area contributed by atoms with E-state index in [1.807, 2.05) is 24.4 Å². The van der Waals surface area contributed by atoms with Gasteiger partial charge in [0.1, 0.15) is 9.64 Å². The number of aryl methyl sites for hydroxylation is 1. The van der Waals surface area contributed by atoms with Crippen molar-refractivity contribution in [2.24, 2.45) is 0 Å². The quantitative estimate of drug-likeness (QED) is 0.362. The van der Waals surface area contributed by atoms with Crippen LogP contribution in [0.1, 0.15) is 23.3 Å². The zero-order chi connectivity index (χ0) is 24.6. The van der Waals surface area contributed by atoms with Gasteiger partial charge in [-0.05, 0) is 54.6 Å². The van der Waals surface area contributed by atoms with Crippen LogP contribution in [-0.4, -0.2) is 56.1 Å². The summed E-state index contributed by atoms with van der Waals surface area (Å²) >= 11 is 2.80. The van der Waals surface area contributed by atoms with E-state index in [0.717, 1.165) is 19.6 Å². The lowest BCUT2D eigenvalue weighted by molar-refractivity contribution is -0.129. The number of rotatable bonds is 6. The molecule has 1 unspecified atom stereocenters. The highest BCUT2D eigenvalue weighted by Crippen LogP contribution is 2.46. The first kappa shape index (κ1) is 24.9. The first-order valence-electron chi connectivity index (χ1n) is 10.3. The van der Waals surface area contributed by atoms with Crippen LogP contribution in [0.3, 0.4) is 0 Å². The highest BCUT2D eigenvalue weighted by Gasteiger charge is 2.50. The highest BCUT2D eigenvalue weighted by molar-refractivity contribution is 7.92. The summed E-state index contributed by atoms with van der Waals surface area (Å²) in [4.78, 5) is 18.4. The topological polar surface area (TPSA) is 134 Å². The average molecular weight is 542 g/mol. The molecule has 3 aromatic heterocycles.